The highest BCUT2D eigenvalue weighted by molar-refractivity contribution is 6.06. The van der Waals surface area contributed by atoms with Crippen LogP contribution in [0.25, 0.3) is 0 Å². The molecule has 0 radical (unpaired) electrons. The maximum atomic E-state index is 13.5. The summed E-state index contributed by atoms with van der Waals surface area (Å²) in [5, 5.41) is 6.14. The van der Waals surface area contributed by atoms with Gasteiger partial charge in [0.2, 0.25) is 0 Å². The number of rotatable bonds is 6. The summed E-state index contributed by atoms with van der Waals surface area (Å²) in [4.78, 5) is 28.7. The number of nitrogens with one attached hydrogen (secondary N) is 2. The maximum absolute atomic E-state index is 13.5. The number of carbonyl (C=O) groups excluding carboxylic acids is 2. The molecule has 0 saturated carbocycles. The molecule has 0 aromatic heterocycles. The van der Waals surface area contributed by atoms with E-state index in [-0.39, 0.29) is 23.3 Å². The minimum absolute atomic E-state index is 0.0262. The molecule has 4 rings (SSSR count). The molecule has 0 bridgehead atoms. The Kier molecular flexibility index (Phi) is 7.78. The van der Waals surface area contributed by atoms with E-state index in [0.29, 0.717) is 16.8 Å². The van der Waals surface area contributed by atoms with Crippen LogP contribution in [0.2, 0.25) is 0 Å². The van der Waals surface area contributed by atoms with E-state index >= 15 is 0 Å². The second-order valence-corrected chi connectivity index (χ2v) is 10.7. The Morgan fingerprint density at radius 2 is 1.50 bits per heavy atom. The summed E-state index contributed by atoms with van der Waals surface area (Å²) in [5.74, 6) is -0.331. The van der Waals surface area contributed by atoms with E-state index in [1.807, 2.05) is 73.7 Å². The van der Waals surface area contributed by atoms with Gasteiger partial charge in [-0.1, -0.05) is 63.2 Å². The molecule has 1 atom stereocenters. The van der Waals surface area contributed by atoms with Crippen molar-refractivity contribution >= 4 is 23.2 Å². The predicted octanol–water partition coefficient (Wildman–Crippen LogP) is 6.72. The molecule has 5 heteroatoms. The van der Waals surface area contributed by atoms with Gasteiger partial charge in [0.15, 0.2) is 0 Å². The largest absolute Gasteiger partial charge is 0.371 e. The van der Waals surface area contributed by atoms with Gasteiger partial charge in [-0.2, -0.15) is 0 Å². The topological polar surface area (TPSA) is 61.4 Å². The van der Waals surface area contributed by atoms with Crippen molar-refractivity contribution in [1.29, 1.82) is 0 Å². The first kappa shape index (κ1) is 25.5. The smallest absolute Gasteiger partial charge is 0.255 e. The summed E-state index contributed by atoms with van der Waals surface area (Å²) in [5.41, 5.74) is 4.95. The molecule has 5 nitrogen and oxygen atoms in total. The summed E-state index contributed by atoms with van der Waals surface area (Å²) >= 11 is 0. The van der Waals surface area contributed by atoms with E-state index in [1.165, 1.54) is 12.0 Å². The van der Waals surface area contributed by atoms with Gasteiger partial charge in [-0.05, 0) is 73.1 Å². The molecule has 2 N–H and O–H groups in total. The monoisotopic (exact) mass is 483 g/mol. The van der Waals surface area contributed by atoms with Crippen LogP contribution in [-0.2, 0) is 5.41 Å². The second-order valence-electron chi connectivity index (χ2n) is 10.7. The van der Waals surface area contributed by atoms with Crippen molar-refractivity contribution < 1.29 is 9.59 Å². The highest BCUT2D eigenvalue weighted by atomic mass is 16.2. The van der Waals surface area contributed by atoms with E-state index in [2.05, 4.69) is 36.3 Å². The zero-order valence-corrected chi connectivity index (χ0v) is 21.8. The highest BCUT2D eigenvalue weighted by Gasteiger charge is 2.21. The lowest BCUT2D eigenvalue weighted by atomic mass is 9.87. The van der Waals surface area contributed by atoms with E-state index in [4.69, 9.17) is 0 Å². The van der Waals surface area contributed by atoms with Crippen LogP contribution in [0.5, 0.6) is 0 Å². The molecule has 1 saturated heterocycles. The number of piperidine rings is 1. The molecule has 188 valence electrons. The van der Waals surface area contributed by atoms with Gasteiger partial charge in [-0.3, -0.25) is 9.59 Å². The Balaban J connectivity index is 1.57. The molecule has 3 aromatic rings. The number of amides is 2. The van der Waals surface area contributed by atoms with Crippen LogP contribution < -0.4 is 15.5 Å². The van der Waals surface area contributed by atoms with Crippen molar-refractivity contribution in [2.24, 2.45) is 0 Å². The third-order valence-corrected chi connectivity index (χ3v) is 6.86. The van der Waals surface area contributed by atoms with Crippen molar-refractivity contribution in [2.45, 2.75) is 58.4 Å². The minimum atomic E-state index is -0.190. The fourth-order valence-corrected chi connectivity index (χ4v) is 4.63. The third kappa shape index (κ3) is 6.14. The quantitative estimate of drug-likeness (QED) is 0.409. The Hall–Kier alpha value is -3.60. The molecule has 1 aliphatic heterocycles. The first-order valence-electron chi connectivity index (χ1n) is 12.9. The summed E-state index contributed by atoms with van der Waals surface area (Å²) in [6, 6.07) is 23.2. The van der Waals surface area contributed by atoms with Crippen LogP contribution in [0.4, 0.5) is 11.4 Å². The fourth-order valence-electron chi connectivity index (χ4n) is 4.63. The first-order chi connectivity index (χ1) is 17.2. The zero-order valence-electron chi connectivity index (χ0n) is 21.8. The lowest BCUT2D eigenvalue weighted by Crippen LogP contribution is -2.33. The standard InChI is InChI=1S/C31H37N3O2/c1-22(23-11-7-5-8-12-23)32-30(36)27-21-26(17-18-28(27)34-19-9-6-10-20-34)33-29(35)24-13-15-25(16-14-24)31(2,3)4/h5,7-8,11-18,21-22H,6,9-10,19-20H2,1-4H3,(H,32,36)(H,33,35). The summed E-state index contributed by atoms with van der Waals surface area (Å²) < 4.78 is 0. The van der Waals surface area contributed by atoms with Crippen molar-refractivity contribution in [1.82, 2.24) is 5.32 Å². The van der Waals surface area contributed by atoms with Crippen molar-refractivity contribution in [3.63, 3.8) is 0 Å². The summed E-state index contributed by atoms with van der Waals surface area (Å²) in [6.07, 6.45) is 3.44. The van der Waals surface area contributed by atoms with Crippen molar-refractivity contribution in [3.05, 3.63) is 95.1 Å². The Bertz CT molecular complexity index is 1190. The molecule has 36 heavy (non-hydrogen) atoms. The Morgan fingerprint density at radius 3 is 2.14 bits per heavy atom. The lowest BCUT2D eigenvalue weighted by molar-refractivity contribution is 0.0939. The molecule has 0 aliphatic carbocycles. The van der Waals surface area contributed by atoms with E-state index < -0.39 is 0 Å². The van der Waals surface area contributed by atoms with Crippen LogP contribution in [0.15, 0.2) is 72.8 Å². The average Bonchev–Trinajstić information content (AvgIpc) is 2.89. The van der Waals surface area contributed by atoms with Gasteiger partial charge in [-0.15, -0.1) is 0 Å². The van der Waals surface area contributed by atoms with Gasteiger partial charge in [0, 0.05) is 30.0 Å². The average molecular weight is 484 g/mol. The number of hydrogen-bond acceptors (Lipinski definition) is 3. The SMILES string of the molecule is CC(NC(=O)c1cc(NC(=O)c2ccc(C(C)(C)C)cc2)ccc1N1CCCCC1)c1ccccc1. The van der Waals surface area contributed by atoms with Crippen LogP contribution in [-0.4, -0.2) is 24.9 Å². The predicted molar refractivity (Wildman–Crippen MR) is 148 cm³/mol. The Labute approximate surface area is 214 Å². The van der Waals surface area contributed by atoms with E-state index in [1.54, 1.807) is 6.07 Å². The highest BCUT2D eigenvalue weighted by Crippen LogP contribution is 2.29. The first-order valence-corrected chi connectivity index (χ1v) is 12.9. The van der Waals surface area contributed by atoms with Crippen molar-refractivity contribution in [3.8, 4) is 0 Å². The number of carbonyl (C=O) groups is 2. The fraction of sp³-hybridized carbons (Fsp3) is 0.355. The molecular formula is C31H37N3O2. The number of benzene rings is 3. The Morgan fingerprint density at radius 1 is 0.833 bits per heavy atom. The zero-order chi connectivity index (χ0) is 25.7. The molecule has 3 aromatic carbocycles. The second kappa shape index (κ2) is 11.0. The minimum Gasteiger partial charge on any atom is -0.371 e. The third-order valence-electron chi connectivity index (χ3n) is 6.86. The molecular weight excluding hydrogens is 446 g/mol. The molecule has 2 amide bonds. The van der Waals surface area contributed by atoms with Gasteiger partial charge in [0.1, 0.15) is 0 Å². The van der Waals surface area contributed by atoms with Gasteiger partial charge >= 0.3 is 0 Å². The molecule has 1 heterocycles. The maximum Gasteiger partial charge on any atom is 0.255 e. The normalized spacial score (nSPS) is 14.7. The summed E-state index contributed by atoms with van der Waals surface area (Å²) in [7, 11) is 0. The van der Waals surface area contributed by atoms with E-state index in [9.17, 15) is 9.59 Å². The van der Waals surface area contributed by atoms with Crippen molar-refractivity contribution in [2.75, 3.05) is 23.3 Å². The van der Waals surface area contributed by atoms with Crippen LogP contribution in [0.3, 0.4) is 0 Å². The summed E-state index contributed by atoms with van der Waals surface area (Å²) in [6.45, 7) is 10.3. The number of nitrogens with zero attached hydrogens (tertiary/aromatic N) is 1. The van der Waals surface area contributed by atoms with Crippen LogP contribution in [0, 0.1) is 0 Å². The molecule has 0 spiro atoms. The van der Waals surface area contributed by atoms with Crippen LogP contribution in [0.1, 0.15) is 84.8 Å². The number of hydrogen-bond donors (Lipinski definition) is 2. The van der Waals surface area contributed by atoms with Crippen LogP contribution >= 0.6 is 0 Å². The lowest BCUT2D eigenvalue weighted by Gasteiger charge is -2.31. The van der Waals surface area contributed by atoms with Gasteiger partial charge in [0.25, 0.3) is 11.8 Å². The van der Waals surface area contributed by atoms with Gasteiger partial charge < -0.3 is 15.5 Å². The van der Waals surface area contributed by atoms with Gasteiger partial charge in [-0.25, -0.2) is 0 Å². The molecule has 1 aliphatic rings. The molecule has 1 fully saturated rings. The number of anilines is 2. The molecule has 1 unspecified atom stereocenters. The van der Waals surface area contributed by atoms with Gasteiger partial charge in [0.05, 0.1) is 11.6 Å². The van der Waals surface area contributed by atoms with E-state index in [0.717, 1.165) is 37.2 Å².